The Morgan fingerprint density at radius 3 is 2.95 bits per heavy atom. The maximum Gasteiger partial charge on any atom is 0.0574 e. The van der Waals surface area contributed by atoms with Gasteiger partial charge in [-0.05, 0) is 42.3 Å². The van der Waals surface area contributed by atoms with Gasteiger partial charge in [-0.3, -0.25) is 4.98 Å². The summed E-state index contributed by atoms with van der Waals surface area (Å²) in [6.45, 7) is 2.85. The summed E-state index contributed by atoms with van der Waals surface area (Å²) in [5.41, 5.74) is 10.3. The molecule has 0 saturated heterocycles. The lowest BCUT2D eigenvalue weighted by Crippen LogP contribution is -2.00. The quantitative estimate of drug-likeness (QED) is 0.773. The van der Waals surface area contributed by atoms with Crippen molar-refractivity contribution in [2.24, 2.45) is 0 Å². The fraction of sp³-hybridized carbons (Fsp3) is 0.133. The third kappa shape index (κ3) is 2.17. The standard InChI is InChI=1S/C15H14ClN3/c1-10-7-18-5-4-11(10)8-19-9-14(17)13-6-12(16)2-3-15(13)19/h2-7,9H,8,17H2,1H3. The SMILES string of the molecule is Cc1cnccc1Cn1cc(N)c2cc(Cl)ccc21. The van der Waals surface area contributed by atoms with Crippen LogP contribution >= 0.6 is 11.6 Å². The van der Waals surface area contributed by atoms with E-state index in [1.165, 1.54) is 11.1 Å². The van der Waals surface area contributed by atoms with Gasteiger partial charge in [-0.1, -0.05) is 11.6 Å². The average Bonchev–Trinajstić information content (AvgIpc) is 2.69. The van der Waals surface area contributed by atoms with Gasteiger partial charge in [0, 0.05) is 35.5 Å². The molecule has 0 saturated carbocycles. The molecule has 2 aromatic heterocycles. The second-order valence-corrected chi connectivity index (χ2v) is 5.11. The first-order valence-electron chi connectivity index (χ1n) is 6.08. The lowest BCUT2D eigenvalue weighted by atomic mass is 10.1. The predicted octanol–water partition coefficient (Wildman–Crippen LogP) is 3.63. The zero-order valence-corrected chi connectivity index (χ0v) is 11.4. The number of nitrogens with two attached hydrogens (primary N) is 1. The van der Waals surface area contributed by atoms with Crippen LogP contribution in [0.1, 0.15) is 11.1 Å². The highest BCUT2D eigenvalue weighted by Gasteiger charge is 2.08. The van der Waals surface area contributed by atoms with Gasteiger partial charge in [-0.25, -0.2) is 0 Å². The second-order valence-electron chi connectivity index (χ2n) is 4.68. The van der Waals surface area contributed by atoms with Gasteiger partial charge in [0.25, 0.3) is 0 Å². The smallest absolute Gasteiger partial charge is 0.0574 e. The van der Waals surface area contributed by atoms with Gasteiger partial charge in [-0.15, -0.1) is 0 Å². The molecule has 0 aliphatic rings. The minimum atomic E-state index is 0.706. The molecule has 3 rings (SSSR count). The predicted molar refractivity (Wildman–Crippen MR) is 79.4 cm³/mol. The summed E-state index contributed by atoms with van der Waals surface area (Å²) < 4.78 is 2.14. The summed E-state index contributed by atoms with van der Waals surface area (Å²) in [6.07, 6.45) is 5.65. The molecule has 19 heavy (non-hydrogen) atoms. The molecule has 1 aromatic carbocycles. The normalized spacial score (nSPS) is 11.1. The third-order valence-electron chi connectivity index (χ3n) is 3.35. The molecule has 0 aliphatic heterocycles. The molecule has 3 aromatic rings. The van der Waals surface area contributed by atoms with Crippen molar-refractivity contribution < 1.29 is 0 Å². The van der Waals surface area contributed by atoms with E-state index in [0.717, 1.165) is 23.1 Å². The molecule has 0 fully saturated rings. The molecule has 2 heterocycles. The molecule has 3 nitrogen and oxygen atoms in total. The summed E-state index contributed by atoms with van der Waals surface area (Å²) in [6, 6.07) is 7.83. The number of pyridine rings is 1. The van der Waals surface area contributed by atoms with Gasteiger partial charge >= 0.3 is 0 Å². The Morgan fingerprint density at radius 1 is 1.32 bits per heavy atom. The largest absolute Gasteiger partial charge is 0.397 e. The zero-order chi connectivity index (χ0) is 13.4. The van der Waals surface area contributed by atoms with Gasteiger partial charge in [0.2, 0.25) is 0 Å². The second kappa shape index (κ2) is 4.59. The van der Waals surface area contributed by atoms with Crippen molar-refractivity contribution in [2.45, 2.75) is 13.5 Å². The van der Waals surface area contributed by atoms with Crippen molar-refractivity contribution in [3.63, 3.8) is 0 Å². The lowest BCUT2D eigenvalue weighted by molar-refractivity contribution is 0.828. The highest BCUT2D eigenvalue weighted by Crippen LogP contribution is 2.27. The highest BCUT2D eigenvalue weighted by atomic mass is 35.5. The first-order valence-corrected chi connectivity index (χ1v) is 6.46. The van der Waals surface area contributed by atoms with Crippen molar-refractivity contribution in [3.8, 4) is 0 Å². The molecule has 0 radical (unpaired) electrons. The molecule has 4 heteroatoms. The van der Waals surface area contributed by atoms with E-state index in [1.807, 2.05) is 42.9 Å². The summed E-state index contributed by atoms with van der Waals surface area (Å²) in [4.78, 5) is 4.11. The molecule has 0 aliphatic carbocycles. The van der Waals surface area contributed by atoms with E-state index < -0.39 is 0 Å². The number of hydrogen-bond donors (Lipinski definition) is 1. The Balaban J connectivity index is 2.09. The van der Waals surface area contributed by atoms with E-state index >= 15 is 0 Å². The Kier molecular flexibility index (Phi) is 2.91. The van der Waals surface area contributed by atoms with Gasteiger partial charge in [-0.2, -0.15) is 0 Å². The molecule has 0 spiro atoms. The Hall–Kier alpha value is -2.00. The van der Waals surface area contributed by atoms with Crippen LogP contribution in [-0.2, 0) is 6.54 Å². The molecule has 2 N–H and O–H groups in total. The van der Waals surface area contributed by atoms with Crippen LogP contribution in [0, 0.1) is 6.92 Å². The van der Waals surface area contributed by atoms with E-state index in [0.29, 0.717) is 5.02 Å². The van der Waals surface area contributed by atoms with Crippen molar-refractivity contribution in [2.75, 3.05) is 5.73 Å². The number of nitrogens with zero attached hydrogens (tertiary/aromatic N) is 2. The number of halogens is 1. The first-order chi connectivity index (χ1) is 9.15. The summed E-state index contributed by atoms with van der Waals surface area (Å²) in [7, 11) is 0. The van der Waals surface area contributed by atoms with Gasteiger partial charge in [0.05, 0.1) is 11.2 Å². The molecule has 0 bridgehead atoms. The van der Waals surface area contributed by atoms with Crippen LogP contribution in [-0.4, -0.2) is 9.55 Å². The van der Waals surface area contributed by atoms with E-state index in [-0.39, 0.29) is 0 Å². The van der Waals surface area contributed by atoms with E-state index in [1.54, 1.807) is 0 Å². The van der Waals surface area contributed by atoms with E-state index in [4.69, 9.17) is 17.3 Å². The minimum absolute atomic E-state index is 0.706. The first kappa shape index (κ1) is 12.1. The van der Waals surface area contributed by atoms with E-state index in [2.05, 4.69) is 16.5 Å². The maximum absolute atomic E-state index is 6.05. The highest BCUT2D eigenvalue weighted by molar-refractivity contribution is 6.31. The van der Waals surface area contributed by atoms with Crippen LogP contribution in [0.2, 0.25) is 5.02 Å². The van der Waals surface area contributed by atoms with Gasteiger partial charge < -0.3 is 10.3 Å². The van der Waals surface area contributed by atoms with Crippen molar-refractivity contribution in [1.82, 2.24) is 9.55 Å². The monoisotopic (exact) mass is 271 g/mol. The van der Waals surface area contributed by atoms with Gasteiger partial charge in [0.1, 0.15) is 0 Å². The van der Waals surface area contributed by atoms with Crippen LogP contribution in [0.25, 0.3) is 10.9 Å². The molecule has 0 amide bonds. The average molecular weight is 272 g/mol. The third-order valence-corrected chi connectivity index (χ3v) is 3.59. The summed E-state index contributed by atoms with van der Waals surface area (Å²) >= 11 is 6.01. The van der Waals surface area contributed by atoms with Crippen molar-refractivity contribution in [1.29, 1.82) is 0 Å². The van der Waals surface area contributed by atoms with Crippen LogP contribution in [0.3, 0.4) is 0 Å². The van der Waals surface area contributed by atoms with E-state index in [9.17, 15) is 0 Å². The van der Waals surface area contributed by atoms with Crippen LogP contribution < -0.4 is 5.73 Å². The minimum Gasteiger partial charge on any atom is -0.397 e. The molecular formula is C15H14ClN3. The topological polar surface area (TPSA) is 43.8 Å². The number of aromatic nitrogens is 2. The molecule has 0 atom stereocenters. The Labute approximate surface area is 116 Å². The fourth-order valence-electron chi connectivity index (χ4n) is 2.29. The number of aryl methyl sites for hydroxylation is 1. The van der Waals surface area contributed by atoms with Gasteiger partial charge in [0.15, 0.2) is 0 Å². The summed E-state index contributed by atoms with van der Waals surface area (Å²) in [5, 5.41) is 1.70. The molecule has 0 unspecified atom stereocenters. The number of nitrogen functional groups attached to an aromatic ring is 1. The summed E-state index contributed by atoms with van der Waals surface area (Å²) in [5.74, 6) is 0. The molecule has 96 valence electrons. The Bertz CT molecular complexity index is 746. The van der Waals surface area contributed by atoms with Crippen LogP contribution in [0.5, 0.6) is 0 Å². The molecular weight excluding hydrogens is 258 g/mol. The van der Waals surface area contributed by atoms with Crippen molar-refractivity contribution in [3.05, 3.63) is 59.0 Å². The lowest BCUT2D eigenvalue weighted by Gasteiger charge is -2.08. The van der Waals surface area contributed by atoms with Crippen molar-refractivity contribution >= 4 is 28.2 Å². The number of benzene rings is 1. The number of hydrogen-bond acceptors (Lipinski definition) is 2. The zero-order valence-electron chi connectivity index (χ0n) is 10.6. The number of fused-ring (bicyclic) bond motifs is 1. The fourth-order valence-corrected chi connectivity index (χ4v) is 2.46. The Morgan fingerprint density at radius 2 is 2.16 bits per heavy atom. The number of anilines is 1. The number of rotatable bonds is 2. The maximum atomic E-state index is 6.05. The van der Waals surface area contributed by atoms with Crippen LogP contribution in [0.4, 0.5) is 5.69 Å². The van der Waals surface area contributed by atoms with Crippen LogP contribution in [0.15, 0.2) is 42.9 Å².